The lowest BCUT2D eigenvalue weighted by Crippen LogP contribution is -2.22. The molecule has 4 rings (SSSR count). The maximum Gasteiger partial charge on any atom is 0.419 e. The van der Waals surface area contributed by atoms with Crippen LogP contribution in [-0.2, 0) is 13.6 Å². The molecule has 5 nitrogen and oxygen atoms in total. The van der Waals surface area contributed by atoms with Crippen LogP contribution >= 0.6 is 15.9 Å². The number of aromatic nitrogens is 2. The van der Waals surface area contributed by atoms with Gasteiger partial charge in [0.15, 0.2) is 5.58 Å². The van der Waals surface area contributed by atoms with Gasteiger partial charge in [0, 0.05) is 36.5 Å². The molecule has 2 aromatic heterocycles. The summed E-state index contributed by atoms with van der Waals surface area (Å²) < 4.78 is 7.79. The van der Waals surface area contributed by atoms with E-state index in [4.69, 9.17) is 4.42 Å². The molecule has 0 bridgehead atoms. The van der Waals surface area contributed by atoms with Gasteiger partial charge in [-0.3, -0.25) is 9.55 Å². The minimum absolute atomic E-state index is 0.300. The van der Waals surface area contributed by atoms with Gasteiger partial charge in [-0.15, -0.1) is 0 Å². The largest absolute Gasteiger partial charge is 0.419 e. The molecule has 1 aliphatic rings. The van der Waals surface area contributed by atoms with Gasteiger partial charge in [-0.05, 0) is 64.0 Å². The molecule has 1 unspecified atom stereocenters. The van der Waals surface area contributed by atoms with E-state index in [9.17, 15) is 4.79 Å². The topological polar surface area (TPSA) is 60.1 Å². The Hall–Kier alpha value is -1.92. The van der Waals surface area contributed by atoms with Gasteiger partial charge >= 0.3 is 5.76 Å². The summed E-state index contributed by atoms with van der Waals surface area (Å²) >= 11 is 3.50. The maximum atomic E-state index is 11.6. The van der Waals surface area contributed by atoms with Crippen LogP contribution in [0.5, 0.6) is 0 Å². The third-order valence-electron chi connectivity index (χ3n) is 4.56. The lowest BCUT2D eigenvalue weighted by molar-refractivity contribution is 0.478. The Morgan fingerprint density at radius 2 is 2.21 bits per heavy atom. The first-order valence-corrected chi connectivity index (χ1v) is 8.83. The van der Waals surface area contributed by atoms with Crippen LogP contribution < -0.4 is 11.1 Å². The second-order valence-corrected chi connectivity index (χ2v) is 7.28. The van der Waals surface area contributed by atoms with E-state index in [0.717, 1.165) is 22.1 Å². The summed E-state index contributed by atoms with van der Waals surface area (Å²) in [5, 5.41) is 3.64. The molecule has 2 heterocycles. The molecule has 1 N–H and O–H groups in total. The number of aryl methyl sites for hydroxylation is 1. The first-order chi connectivity index (χ1) is 11.6. The van der Waals surface area contributed by atoms with Crippen molar-refractivity contribution in [2.24, 2.45) is 13.0 Å². The summed E-state index contributed by atoms with van der Waals surface area (Å²) in [7, 11) is 1.72. The van der Waals surface area contributed by atoms with E-state index in [1.165, 1.54) is 23.0 Å². The molecule has 124 valence electrons. The average molecular weight is 388 g/mol. The summed E-state index contributed by atoms with van der Waals surface area (Å²) in [6.07, 6.45) is 6.23. The van der Waals surface area contributed by atoms with Crippen molar-refractivity contribution in [2.45, 2.75) is 25.4 Å². The molecule has 1 atom stereocenters. The van der Waals surface area contributed by atoms with E-state index in [0.29, 0.717) is 17.5 Å². The molecule has 0 amide bonds. The Balaban J connectivity index is 1.55. The number of nitrogens with zero attached hydrogens (tertiary/aromatic N) is 2. The maximum absolute atomic E-state index is 11.6. The van der Waals surface area contributed by atoms with Gasteiger partial charge in [0.1, 0.15) is 0 Å². The Kier molecular flexibility index (Phi) is 4.02. The second-order valence-electron chi connectivity index (χ2n) is 6.36. The van der Waals surface area contributed by atoms with Crippen molar-refractivity contribution in [2.75, 3.05) is 0 Å². The molecule has 0 spiro atoms. The van der Waals surface area contributed by atoms with Crippen molar-refractivity contribution in [1.29, 1.82) is 0 Å². The van der Waals surface area contributed by atoms with Crippen LogP contribution in [0.25, 0.3) is 11.1 Å². The SMILES string of the molecule is Cn1c(=O)oc2cc(CNC(c3cncc(Br)c3)C3CC3)ccc21. The highest BCUT2D eigenvalue weighted by atomic mass is 79.9. The number of nitrogens with one attached hydrogen (secondary N) is 1. The zero-order valence-electron chi connectivity index (χ0n) is 13.3. The number of fused-ring (bicyclic) bond motifs is 1. The van der Waals surface area contributed by atoms with Crippen molar-refractivity contribution < 1.29 is 4.42 Å². The standard InChI is InChI=1S/C18H18BrN3O2/c1-22-15-5-2-11(6-16(15)24-18(22)23)8-21-17(12-3-4-12)13-7-14(19)10-20-9-13/h2,5-7,9-10,12,17,21H,3-4,8H2,1H3. The Bertz CT molecular complexity index is 943. The summed E-state index contributed by atoms with van der Waals surface area (Å²) in [4.78, 5) is 15.9. The fourth-order valence-corrected chi connectivity index (χ4v) is 3.48. The van der Waals surface area contributed by atoms with Gasteiger partial charge in [-0.25, -0.2) is 4.79 Å². The zero-order valence-corrected chi connectivity index (χ0v) is 14.9. The average Bonchev–Trinajstić information content (AvgIpc) is 3.35. The minimum Gasteiger partial charge on any atom is -0.408 e. The van der Waals surface area contributed by atoms with E-state index in [-0.39, 0.29) is 5.76 Å². The van der Waals surface area contributed by atoms with Crippen LogP contribution in [0, 0.1) is 5.92 Å². The molecule has 0 aliphatic heterocycles. The number of hydrogen-bond donors (Lipinski definition) is 1. The van der Waals surface area contributed by atoms with Crippen molar-refractivity contribution in [3.8, 4) is 0 Å². The highest BCUT2D eigenvalue weighted by Gasteiger charge is 2.32. The highest BCUT2D eigenvalue weighted by molar-refractivity contribution is 9.10. The van der Waals surface area contributed by atoms with E-state index >= 15 is 0 Å². The number of halogens is 1. The van der Waals surface area contributed by atoms with Gasteiger partial charge in [0.2, 0.25) is 0 Å². The Labute approximate surface area is 147 Å². The number of rotatable bonds is 5. The van der Waals surface area contributed by atoms with Crippen molar-refractivity contribution in [1.82, 2.24) is 14.9 Å². The monoisotopic (exact) mass is 387 g/mol. The molecular formula is C18H18BrN3O2. The lowest BCUT2D eigenvalue weighted by Gasteiger charge is -2.19. The van der Waals surface area contributed by atoms with Crippen LogP contribution in [0.3, 0.4) is 0 Å². The Morgan fingerprint density at radius 3 is 2.96 bits per heavy atom. The third-order valence-corrected chi connectivity index (χ3v) is 5.00. The van der Waals surface area contributed by atoms with Crippen molar-refractivity contribution >= 4 is 27.0 Å². The Morgan fingerprint density at radius 1 is 1.38 bits per heavy atom. The minimum atomic E-state index is -0.328. The van der Waals surface area contributed by atoms with Crippen LogP contribution in [0.4, 0.5) is 0 Å². The molecule has 0 saturated heterocycles. The van der Waals surface area contributed by atoms with Crippen LogP contribution in [-0.4, -0.2) is 9.55 Å². The summed E-state index contributed by atoms with van der Waals surface area (Å²) in [6, 6.07) is 8.33. The first kappa shape index (κ1) is 15.6. The molecule has 6 heteroatoms. The molecule has 1 saturated carbocycles. The van der Waals surface area contributed by atoms with Crippen molar-refractivity contribution in [3.05, 3.63) is 62.8 Å². The predicted molar refractivity (Wildman–Crippen MR) is 95.7 cm³/mol. The predicted octanol–water partition coefficient (Wildman–Crippen LogP) is 3.53. The van der Waals surface area contributed by atoms with Gasteiger partial charge < -0.3 is 9.73 Å². The fourth-order valence-electron chi connectivity index (χ4n) is 3.10. The van der Waals surface area contributed by atoms with Gasteiger partial charge in [-0.1, -0.05) is 6.07 Å². The second kappa shape index (κ2) is 6.18. The van der Waals surface area contributed by atoms with Crippen LogP contribution in [0.1, 0.15) is 30.0 Å². The molecule has 0 radical (unpaired) electrons. The number of pyridine rings is 1. The van der Waals surface area contributed by atoms with Gasteiger partial charge in [0.25, 0.3) is 0 Å². The lowest BCUT2D eigenvalue weighted by atomic mass is 10.0. The van der Waals surface area contributed by atoms with Gasteiger partial charge in [0.05, 0.1) is 5.52 Å². The van der Waals surface area contributed by atoms with E-state index in [1.54, 1.807) is 13.2 Å². The molecule has 1 fully saturated rings. The fraction of sp³-hybridized carbons (Fsp3) is 0.333. The summed E-state index contributed by atoms with van der Waals surface area (Å²) in [6.45, 7) is 0.724. The smallest absolute Gasteiger partial charge is 0.408 e. The molecule has 1 aliphatic carbocycles. The molecule has 3 aromatic rings. The number of oxazole rings is 1. The van der Waals surface area contributed by atoms with Gasteiger partial charge in [-0.2, -0.15) is 0 Å². The highest BCUT2D eigenvalue weighted by Crippen LogP contribution is 2.41. The van der Waals surface area contributed by atoms with E-state index in [1.807, 2.05) is 24.4 Å². The normalized spacial score (nSPS) is 15.8. The van der Waals surface area contributed by atoms with E-state index < -0.39 is 0 Å². The van der Waals surface area contributed by atoms with E-state index in [2.05, 4.69) is 32.3 Å². The van der Waals surface area contributed by atoms with Crippen LogP contribution in [0.2, 0.25) is 0 Å². The quantitative estimate of drug-likeness (QED) is 0.727. The number of benzene rings is 1. The van der Waals surface area contributed by atoms with Crippen LogP contribution in [0.15, 0.2) is 50.3 Å². The molecule has 24 heavy (non-hydrogen) atoms. The zero-order chi connectivity index (χ0) is 16.7. The number of hydrogen-bond acceptors (Lipinski definition) is 4. The molecule has 1 aromatic carbocycles. The summed E-state index contributed by atoms with van der Waals surface area (Å²) in [5.74, 6) is 0.339. The molecular weight excluding hydrogens is 370 g/mol. The summed E-state index contributed by atoms with van der Waals surface area (Å²) in [5.41, 5.74) is 3.76. The first-order valence-electron chi connectivity index (χ1n) is 8.04. The van der Waals surface area contributed by atoms with Crippen molar-refractivity contribution in [3.63, 3.8) is 0 Å². The third kappa shape index (κ3) is 3.03.